The Morgan fingerprint density at radius 1 is 1.18 bits per heavy atom. The van der Waals surface area contributed by atoms with E-state index >= 15 is 0 Å². The number of hydrogen-bond donors (Lipinski definition) is 1. The molecule has 3 aromatic rings. The van der Waals surface area contributed by atoms with Crippen LogP contribution in [0.5, 0.6) is 5.75 Å². The number of carbonyl (C=O) groups excluding carboxylic acids is 1. The van der Waals surface area contributed by atoms with Crippen LogP contribution in [0.4, 0.5) is 10.2 Å². The molecule has 2 heterocycles. The number of anilines is 1. The first-order chi connectivity index (χ1) is 16.0. The number of halogens is 1. The first-order valence-electron chi connectivity index (χ1n) is 11.0. The second-order valence-corrected chi connectivity index (χ2v) is 8.92. The lowest BCUT2D eigenvalue weighted by atomic mass is 9.86. The Labute approximate surface area is 196 Å². The first-order valence-corrected chi connectivity index (χ1v) is 12.0. The standard InChI is InChI=1S/C25H26FN3O3S/c1-3-4-13-32-20-8-6-5-7-18(20)19-14-21(30)27-23-22(19)24(31)28-25(29(23)2)33-15-16-9-11-17(26)12-10-16/h5-12,19H,3-4,13-15H2,1-2H3,(H,27,30)/t19-/m0/s1. The van der Waals surface area contributed by atoms with Gasteiger partial charge in [0.2, 0.25) is 5.91 Å². The van der Waals surface area contributed by atoms with Gasteiger partial charge in [-0.3, -0.25) is 9.59 Å². The van der Waals surface area contributed by atoms with Crippen LogP contribution < -0.4 is 15.6 Å². The summed E-state index contributed by atoms with van der Waals surface area (Å²) >= 11 is 1.36. The fourth-order valence-corrected chi connectivity index (χ4v) is 4.81. The van der Waals surface area contributed by atoms with Gasteiger partial charge >= 0.3 is 0 Å². The van der Waals surface area contributed by atoms with Crippen molar-refractivity contribution >= 4 is 23.5 Å². The molecule has 0 unspecified atom stereocenters. The molecule has 1 atom stereocenters. The quantitative estimate of drug-likeness (QED) is 0.291. The zero-order valence-corrected chi connectivity index (χ0v) is 19.5. The van der Waals surface area contributed by atoms with Crippen LogP contribution in [0, 0.1) is 5.82 Å². The van der Waals surface area contributed by atoms with Gasteiger partial charge in [-0.25, -0.2) is 4.39 Å². The highest BCUT2D eigenvalue weighted by molar-refractivity contribution is 7.98. The number of unbranched alkanes of at least 4 members (excludes halogenated alkanes) is 1. The van der Waals surface area contributed by atoms with E-state index in [1.807, 2.05) is 24.3 Å². The molecule has 33 heavy (non-hydrogen) atoms. The summed E-state index contributed by atoms with van der Waals surface area (Å²) in [6.45, 7) is 2.67. The molecular formula is C25H26FN3O3S. The molecule has 0 radical (unpaired) electrons. The number of amides is 1. The fourth-order valence-electron chi connectivity index (χ4n) is 3.88. The van der Waals surface area contributed by atoms with E-state index in [2.05, 4.69) is 17.2 Å². The number of benzene rings is 2. The molecule has 172 valence electrons. The van der Waals surface area contributed by atoms with Crippen LogP contribution in [0.25, 0.3) is 0 Å². The number of carbonyl (C=O) groups is 1. The minimum atomic E-state index is -0.436. The maximum atomic E-state index is 13.2. The number of hydrogen-bond acceptors (Lipinski definition) is 5. The van der Waals surface area contributed by atoms with Crippen molar-refractivity contribution in [1.29, 1.82) is 0 Å². The van der Waals surface area contributed by atoms with E-state index in [1.165, 1.54) is 23.9 Å². The summed E-state index contributed by atoms with van der Waals surface area (Å²) in [5.74, 6) is 0.774. The summed E-state index contributed by atoms with van der Waals surface area (Å²) in [6, 6.07) is 13.8. The average molecular weight is 468 g/mol. The zero-order valence-electron chi connectivity index (χ0n) is 18.6. The Bertz CT molecular complexity index is 1210. The molecule has 2 aromatic carbocycles. The Morgan fingerprint density at radius 3 is 2.70 bits per heavy atom. The van der Waals surface area contributed by atoms with Crippen molar-refractivity contribution in [3.8, 4) is 5.75 Å². The number of para-hydroxylation sites is 1. The van der Waals surface area contributed by atoms with Crippen LogP contribution in [0.2, 0.25) is 0 Å². The van der Waals surface area contributed by atoms with Gasteiger partial charge < -0.3 is 14.6 Å². The SMILES string of the molecule is CCCCOc1ccccc1[C@@H]1CC(=O)Nc2c1c(=O)nc(SCc1ccc(F)cc1)n2C. The normalized spacial score (nSPS) is 15.1. The highest BCUT2D eigenvalue weighted by Crippen LogP contribution is 2.39. The van der Waals surface area contributed by atoms with Crippen molar-refractivity contribution in [1.82, 2.24) is 9.55 Å². The number of rotatable bonds is 8. The van der Waals surface area contributed by atoms with Crippen molar-refractivity contribution in [3.05, 3.63) is 81.4 Å². The van der Waals surface area contributed by atoms with Crippen LogP contribution in [-0.2, 0) is 17.6 Å². The third kappa shape index (κ3) is 5.11. The van der Waals surface area contributed by atoms with Gasteiger partial charge in [0, 0.05) is 30.7 Å². The minimum absolute atomic E-state index is 0.153. The summed E-state index contributed by atoms with van der Waals surface area (Å²) in [5, 5.41) is 3.35. The van der Waals surface area contributed by atoms with E-state index < -0.39 is 5.92 Å². The summed E-state index contributed by atoms with van der Waals surface area (Å²) in [5.41, 5.74) is 1.83. The van der Waals surface area contributed by atoms with Crippen LogP contribution in [0.15, 0.2) is 58.5 Å². The second-order valence-electron chi connectivity index (χ2n) is 7.98. The minimum Gasteiger partial charge on any atom is -0.493 e. The molecule has 0 aliphatic carbocycles. The van der Waals surface area contributed by atoms with Gasteiger partial charge in [0.05, 0.1) is 12.2 Å². The highest BCUT2D eigenvalue weighted by atomic mass is 32.2. The molecule has 0 fully saturated rings. The predicted molar refractivity (Wildman–Crippen MR) is 127 cm³/mol. The molecule has 8 heteroatoms. The number of fused-ring (bicyclic) bond motifs is 1. The molecule has 1 aromatic heterocycles. The summed E-state index contributed by atoms with van der Waals surface area (Å²) in [7, 11) is 1.78. The van der Waals surface area contributed by atoms with Gasteiger partial charge in [-0.1, -0.05) is 55.4 Å². The van der Waals surface area contributed by atoms with Gasteiger partial charge in [0.25, 0.3) is 5.56 Å². The van der Waals surface area contributed by atoms with E-state index in [4.69, 9.17) is 4.74 Å². The van der Waals surface area contributed by atoms with Crippen molar-refractivity contribution in [2.45, 2.75) is 43.0 Å². The van der Waals surface area contributed by atoms with Crippen LogP contribution >= 0.6 is 11.8 Å². The monoisotopic (exact) mass is 467 g/mol. The number of nitrogens with one attached hydrogen (secondary N) is 1. The van der Waals surface area contributed by atoms with Crippen LogP contribution in [0.3, 0.4) is 0 Å². The average Bonchev–Trinajstić information content (AvgIpc) is 2.81. The Balaban J connectivity index is 1.68. The lowest BCUT2D eigenvalue weighted by Gasteiger charge is -2.28. The number of nitrogens with zero attached hydrogens (tertiary/aromatic N) is 2. The zero-order chi connectivity index (χ0) is 23.4. The lowest BCUT2D eigenvalue weighted by molar-refractivity contribution is -0.116. The Hall–Kier alpha value is -3.13. The third-order valence-electron chi connectivity index (χ3n) is 5.63. The molecule has 1 amide bonds. The topological polar surface area (TPSA) is 73.2 Å². The van der Waals surface area contributed by atoms with Crippen molar-refractivity contribution in [3.63, 3.8) is 0 Å². The van der Waals surface area contributed by atoms with Gasteiger partial charge in [-0.2, -0.15) is 4.98 Å². The molecular weight excluding hydrogens is 441 g/mol. The van der Waals surface area contributed by atoms with E-state index in [0.717, 1.165) is 24.0 Å². The van der Waals surface area contributed by atoms with E-state index in [1.54, 1.807) is 23.7 Å². The maximum Gasteiger partial charge on any atom is 0.279 e. The van der Waals surface area contributed by atoms with Gasteiger partial charge in [0.15, 0.2) is 5.16 Å². The first kappa shape index (κ1) is 23.0. The summed E-state index contributed by atoms with van der Waals surface area (Å²) in [4.78, 5) is 30.1. The van der Waals surface area contributed by atoms with E-state index in [0.29, 0.717) is 34.6 Å². The molecule has 0 bridgehead atoms. The largest absolute Gasteiger partial charge is 0.493 e. The number of thioether (sulfide) groups is 1. The molecule has 0 saturated carbocycles. The summed E-state index contributed by atoms with van der Waals surface area (Å²) in [6.07, 6.45) is 2.09. The van der Waals surface area contributed by atoms with Crippen LogP contribution in [0.1, 0.15) is 48.8 Å². The molecule has 6 nitrogen and oxygen atoms in total. The highest BCUT2D eigenvalue weighted by Gasteiger charge is 2.33. The van der Waals surface area contributed by atoms with E-state index in [-0.39, 0.29) is 23.7 Å². The van der Waals surface area contributed by atoms with Crippen molar-refractivity contribution < 1.29 is 13.9 Å². The Morgan fingerprint density at radius 2 is 1.94 bits per heavy atom. The molecule has 0 spiro atoms. The Kier molecular flexibility index (Phi) is 7.13. The molecule has 0 saturated heterocycles. The molecule has 1 aliphatic rings. The number of aromatic nitrogens is 2. The van der Waals surface area contributed by atoms with Crippen molar-refractivity contribution in [2.24, 2.45) is 7.05 Å². The van der Waals surface area contributed by atoms with Gasteiger partial charge in [-0.15, -0.1) is 0 Å². The third-order valence-corrected chi connectivity index (χ3v) is 6.73. The van der Waals surface area contributed by atoms with Gasteiger partial charge in [0.1, 0.15) is 17.4 Å². The predicted octanol–water partition coefficient (Wildman–Crippen LogP) is 4.86. The lowest BCUT2D eigenvalue weighted by Crippen LogP contribution is -2.33. The second kappa shape index (κ2) is 10.2. The maximum absolute atomic E-state index is 13.2. The summed E-state index contributed by atoms with van der Waals surface area (Å²) < 4.78 is 20.9. The molecule has 1 aliphatic heterocycles. The van der Waals surface area contributed by atoms with Crippen molar-refractivity contribution in [2.75, 3.05) is 11.9 Å². The van der Waals surface area contributed by atoms with Gasteiger partial charge in [-0.05, 0) is 30.2 Å². The number of ether oxygens (including phenoxy) is 1. The smallest absolute Gasteiger partial charge is 0.279 e. The molecule has 1 N–H and O–H groups in total. The molecule has 4 rings (SSSR count). The van der Waals surface area contributed by atoms with Crippen LogP contribution in [-0.4, -0.2) is 22.1 Å². The van der Waals surface area contributed by atoms with E-state index in [9.17, 15) is 14.0 Å². The fraction of sp³-hybridized carbons (Fsp3) is 0.320.